The highest BCUT2D eigenvalue weighted by atomic mass is 32.2. The van der Waals surface area contributed by atoms with Gasteiger partial charge in [0.25, 0.3) is 11.8 Å². The van der Waals surface area contributed by atoms with E-state index >= 15 is 0 Å². The number of nitrogens with one attached hydrogen (secondary N) is 2. The van der Waals surface area contributed by atoms with Crippen molar-refractivity contribution in [2.75, 3.05) is 11.1 Å². The van der Waals surface area contributed by atoms with Gasteiger partial charge in [-0.15, -0.1) is 0 Å². The molecule has 0 bridgehead atoms. The number of benzene rings is 1. The fraction of sp³-hybridized carbons (Fsp3) is 0.400. The van der Waals surface area contributed by atoms with Crippen molar-refractivity contribution >= 4 is 34.4 Å². The summed E-state index contributed by atoms with van der Waals surface area (Å²) in [5.74, 6) is 0.896. The molecule has 2 N–H and O–H groups in total. The van der Waals surface area contributed by atoms with Crippen LogP contribution in [0.4, 0.5) is 5.69 Å². The van der Waals surface area contributed by atoms with Gasteiger partial charge in [0.2, 0.25) is 0 Å². The number of anilines is 1. The Morgan fingerprint density at radius 1 is 1.29 bits per heavy atom. The molecule has 2 amide bonds. The van der Waals surface area contributed by atoms with Gasteiger partial charge < -0.3 is 5.32 Å². The van der Waals surface area contributed by atoms with Crippen LogP contribution in [0.1, 0.15) is 41.0 Å². The van der Waals surface area contributed by atoms with Gasteiger partial charge in [0, 0.05) is 11.4 Å². The summed E-state index contributed by atoms with van der Waals surface area (Å²) < 4.78 is 0. The molecule has 1 aromatic carbocycles. The zero-order valence-corrected chi connectivity index (χ0v) is 12.8. The molecule has 2 aliphatic rings. The van der Waals surface area contributed by atoms with Gasteiger partial charge in [-0.2, -0.15) is 0 Å². The quantitative estimate of drug-likeness (QED) is 0.824. The zero-order valence-electron chi connectivity index (χ0n) is 12.0. The van der Waals surface area contributed by atoms with Crippen LogP contribution in [0.15, 0.2) is 23.2 Å². The minimum absolute atomic E-state index is 0.328. The third-order valence-corrected chi connectivity index (χ3v) is 4.61. The number of nitrogens with zero attached hydrogens (tertiary/aromatic N) is 1. The summed E-state index contributed by atoms with van der Waals surface area (Å²) in [6.45, 7) is 4.35. The van der Waals surface area contributed by atoms with Crippen LogP contribution in [0.25, 0.3) is 0 Å². The number of thioether (sulfide) groups is 1. The van der Waals surface area contributed by atoms with Gasteiger partial charge in [0.05, 0.1) is 17.2 Å². The first-order chi connectivity index (χ1) is 10.0. The maximum Gasteiger partial charge on any atom is 0.259 e. The molecule has 5 nitrogen and oxygen atoms in total. The normalized spacial score (nSPS) is 21.1. The fourth-order valence-corrected chi connectivity index (χ4v) is 3.40. The number of amidine groups is 1. The van der Waals surface area contributed by atoms with E-state index in [2.05, 4.69) is 24.5 Å². The molecule has 3 rings (SSSR count). The van der Waals surface area contributed by atoms with Crippen molar-refractivity contribution in [1.29, 1.82) is 0 Å². The van der Waals surface area contributed by atoms with Crippen LogP contribution < -0.4 is 10.6 Å². The number of imide groups is 1. The second kappa shape index (κ2) is 5.52. The van der Waals surface area contributed by atoms with E-state index in [1.807, 2.05) is 0 Å². The molecule has 0 aromatic heterocycles. The summed E-state index contributed by atoms with van der Waals surface area (Å²) >= 11 is 1.69. The molecule has 0 saturated heterocycles. The molecule has 0 saturated carbocycles. The number of hydrogen-bond donors (Lipinski definition) is 2. The molecule has 0 spiro atoms. The number of hydrogen-bond acceptors (Lipinski definition) is 5. The minimum Gasteiger partial charge on any atom is -0.335 e. The molecule has 0 radical (unpaired) electrons. The first-order valence-electron chi connectivity index (χ1n) is 7.02. The van der Waals surface area contributed by atoms with E-state index in [1.165, 1.54) is 0 Å². The summed E-state index contributed by atoms with van der Waals surface area (Å²) in [6, 6.07) is 5.52. The largest absolute Gasteiger partial charge is 0.335 e. The maximum absolute atomic E-state index is 11.7. The lowest BCUT2D eigenvalue weighted by Gasteiger charge is -2.23. The van der Waals surface area contributed by atoms with Crippen molar-refractivity contribution in [3.05, 3.63) is 29.3 Å². The number of carbonyl (C=O) groups is 2. The molecule has 0 fully saturated rings. The van der Waals surface area contributed by atoms with Crippen molar-refractivity contribution in [3.63, 3.8) is 0 Å². The van der Waals surface area contributed by atoms with Crippen LogP contribution in [0.3, 0.4) is 0 Å². The lowest BCUT2D eigenvalue weighted by molar-refractivity contribution is 0.0879. The number of aliphatic imine (C=N–C) groups is 1. The van der Waals surface area contributed by atoms with E-state index in [1.54, 1.807) is 30.0 Å². The van der Waals surface area contributed by atoms with Gasteiger partial charge in [-0.3, -0.25) is 19.9 Å². The van der Waals surface area contributed by atoms with E-state index in [4.69, 9.17) is 4.99 Å². The minimum atomic E-state index is -0.336. The van der Waals surface area contributed by atoms with Crippen molar-refractivity contribution < 1.29 is 9.59 Å². The Kier molecular flexibility index (Phi) is 3.71. The number of amides is 2. The van der Waals surface area contributed by atoms with E-state index in [0.29, 0.717) is 23.1 Å². The van der Waals surface area contributed by atoms with Gasteiger partial charge >= 0.3 is 0 Å². The highest BCUT2D eigenvalue weighted by Gasteiger charge is 2.27. The number of rotatable bonds is 2. The van der Waals surface area contributed by atoms with E-state index in [9.17, 15) is 9.59 Å². The average Bonchev–Trinajstić information content (AvgIpc) is 2.74. The molecule has 6 heteroatoms. The predicted molar refractivity (Wildman–Crippen MR) is 85.0 cm³/mol. The molecule has 1 unspecified atom stereocenters. The Balaban J connectivity index is 1.82. The molecule has 0 aliphatic carbocycles. The van der Waals surface area contributed by atoms with Crippen LogP contribution in [0.2, 0.25) is 0 Å². The standard InChI is InChI=1S/C15H17N3O2S/c1-8(2)12-5-6-21-15(17-12)16-9-3-4-10-11(7-9)14(20)18-13(10)19/h3-4,7-8,12H,5-6H2,1-2H3,(H,16,17)(H,18,19,20). The van der Waals surface area contributed by atoms with Gasteiger partial charge in [0.1, 0.15) is 0 Å². The van der Waals surface area contributed by atoms with Crippen molar-refractivity contribution in [1.82, 2.24) is 5.32 Å². The lowest BCUT2D eigenvalue weighted by atomic mass is 10.0. The van der Waals surface area contributed by atoms with Crippen molar-refractivity contribution in [3.8, 4) is 0 Å². The monoisotopic (exact) mass is 303 g/mol. The first kappa shape index (κ1) is 14.1. The molecule has 2 heterocycles. The second-order valence-electron chi connectivity index (χ2n) is 5.55. The van der Waals surface area contributed by atoms with Crippen molar-refractivity contribution in [2.45, 2.75) is 26.3 Å². The smallest absolute Gasteiger partial charge is 0.259 e. The zero-order chi connectivity index (χ0) is 15.0. The topological polar surface area (TPSA) is 70.6 Å². The van der Waals surface area contributed by atoms with Gasteiger partial charge in [-0.25, -0.2) is 0 Å². The Morgan fingerprint density at radius 3 is 2.81 bits per heavy atom. The van der Waals surface area contributed by atoms with Crippen molar-refractivity contribution in [2.24, 2.45) is 10.9 Å². The summed E-state index contributed by atoms with van der Waals surface area (Å²) in [6.07, 6.45) is 1.09. The molecule has 110 valence electrons. The highest BCUT2D eigenvalue weighted by molar-refractivity contribution is 8.14. The average molecular weight is 303 g/mol. The number of carbonyl (C=O) groups excluding carboxylic acids is 2. The van der Waals surface area contributed by atoms with Crippen LogP contribution >= 0.6 is 11.8 Å². The van der Waals surface area contributed by atoms with Crippen LogP contribution in [0, 0.1) is 5.92 Å². The third kappa shape index (κ3) is 2.81. The summed E-state index contributed by atoms with van der Waals surface area (Å²) in [7, 11) is 0. The van der Waals surface area contributed by atoms with Crippen LogP contribution in [0.5, 0.6) is 0 Å². The van der Waals surface area contributed by atoms with E-state index < -0.39 is 0 Å². The van der Waals surface area contributed by atoms with E-state index in [-0.39, 0.29) is 11.8 Å². The SMILES string of the molecule is CC(C)C1CCSC(Nc2ccc3c(c2)C(=O)NC3=O)=N1. The molecule has 21 heavy (non-hydrogen) atoms. The molecule has 1 atom stereocenters. The Morgan fingerprint density at radius 2 is 2.05 bits per heavy atom. The Bertz CT molecular complexity index is 640. The molecule has 1 aromatic rings. The highest BCUT2D eigenvalue weighted by Crippen LogP contribution is 2.25. The van der Waals surface area contributed by atoms with Crippen LogP contribution in [-0.2, 0) is 0 Å². The summed E-state index contributed by atoms with van der Waals surface area (Å²) in [4.78, 5) is 27.9. The molecule has 2 aliphatic heterocycles. The van der Waals surface area contributed by atoms with Crippen LogP contribution in [-0.4, -0.2) is 28.8 Å². The third-order valence-electron chi connectivity index (χ3n) is 3.69. The first-order valence-corrected chi connectivity index (χ1v) is 8.00. The predicted octanol–water partition coefficient (Wildman–Crippen LogP) is 2.50. The fourth-order valence-electron chi connectivity index (χ4n) is 2.45. The van der Waals surface area contributed by atoms with Gasteiger partial charge in [-0.05, 0) is 30.5 Å². The summed E-state index contributed by atoms with van der Waals surface area (Å²) in [5, 5.41) is 6.43. The van der Waals surface area contributed by atoms with Gasteiger partial charge in [0.15, 0.2) is 5.17 Å². The number of fused-ring (bicyclic) bond motifs is 1. The second-order valence-corrected chi connectivity index (χ2v) is 6.63. The van der Waals surface area contributed by atoms with Gasteiger partial charge in [-0.1, -0.05) is 25.6 Å². The maximum atomic E-state index is 11.7. The molecular weight excluding hydrogens is 286 g/mol. The Hall–Kier alpha value is -1.82. The molecular formula is C15H17N3O2S. The summed E-state index contributed by atoms with van der Waals surface area (Å²) in [5.41, 5.74) is 1.64. The van der Waals surface area contributed by atoms with E-state index in [0.717, 1.165) is 23.0 Å². The Labute approximate surface area is 127 Å². The lowest BCUT2D eigenvalue weighted by Crippen LogP contribution is -2.24.